The van der Waals surface area contributed by atoms with Gasteiger partial charge in [-0.3, -0.25) is 0 Å². The van der Waals surface area contributed by atoms with Crippen LogP contribution in [-0.4, -0.2) is 15.0 Å². The van der Waals surface area contributed by atoms with Crippen LogP contribution in [0.4, 0.5) is 0 Å². The molecule has 0 saturated heterocycles. The minimum absolute atomic E-state index is 0.682. The van der Waals surface area contributed by atoms with Crippen LogP contribution in [0.1, 0.15) is 11.1 Å². The van der Waals surface area contributed by atoms with Crippen molar-refractivity contribution < 1.29 is 0 Å². The number of benzene rings is 4. The highest BCUT2D eigenvalue weighted by molar-refractivity contribution is 5.86. The van der Waals surface area contributed by atoms with E-state index < -0.39 is 0 Å². The van der Waals surface area contributed by atoms with Gasteiger partial charge in [0.1, 0.15) is 0 Å². The zero-order valence-electron chi connectivity index (χ0n) is 17.0. The standard InChI is InChI=1S/C27H21N3/c1-18-7-11-21(12-8-18)25-28-26(22-13-9-19(2)10-14-22)30-27(29-25)24-16-15-20-5-3-4-6-23(20)17-24/h3-17H,1-2H3. The molecule has 0 N–H and O–H groups in total. The fourth-order valence-corrected chi connectivity index (χ4v) is 3.50. The van der Waals surface area contributed by atoms with Gasteiger partial charge in [0, 0.05) is 16.7 Å². The molecule has 0 unspecified atom stereocenters. The normalized spacial score (nSPS) is 11.0. The fourth-order valence-electron chi connectivity index (χ4n) is 3.50. The number of rotatable bonds is 3. The summed E-state index contributed by atoms with van der Waals surface area (Å²) in [6.07, 6.45) is 0. The van der Waals surface area contributed by atoms with Crippen LogP contribution >= 0.6 is 0 Å². The second-order valence-corrected chi connectivity index (χ2v) is 7.60. The van der Waals surface area contributed by atoms with Gasteiger partial charge < -0.3 is 0 Å². The van der Waals surface area contributed by atoms with Gasteiger partial charge in [0.15, 0.2) is 17.5 Å². The van der Waals surface area contributed by atoms with E-state index in [4.69, 9.17) is 15.0 Å². The maximum Gasteiger partial charge on any atom is 0.164 e. The summed E-state index contributed by atoms with van der Waals surface area (Å²) in [5, 5.41) is 2.37. The number of fused-ring (bicyclic) bond motifs is 1. The summed E-state index contributed by atoms with van der Waals surface area (Å²) >= 11 is 0. The summed E-state index contributed by atoms with van der Waals surface area (Å²) in [7, 11) is 0. The number of aryl methyl sites for hydroxylation is 2. The summed E-state index contributed by atoms with van der Waals surface area (Å²) in [5.41, 5.74) is 5.37. The van der Waals surface area contributed by atoms with Crippen molar-refractivity contribution in [1.82, 2.24) is 15.0 Å². The second kappa shape index (κ2) is 7.53. The van der Waals surface area contributed by atoms with Gasteiger partial charge in [0.25, 0.3) is 0 Å². The van der Waals surface area contributed by atoms with Crippen LogP contribution in [0, 0.1) is 13.8 Å². The third kappa shape index (κ3) is 3.58. The van der Waals surface area contributed by atoms with Crippen molar-refractivity contribution in [3.05, 3.63) is 102 Å². The third-order valence-corrected chi connectivity index (χ3v) is 5.26. The van der Waals surface area contributed by atoms with E-state index in [9.17, 15) is 0 Å². The molecule has 0 aliphatic rings. The molecule has 144 valence electrons. The number of nitrogens with zero attached hydrogens (tertiary/aromatic N) is 3. The van der Waals surface area contributed by atoms with E-state index >= 15 is 0 Å². The Kier molecular flexibility index (Phi) is 4.56. The number of hydrogen-bond donors (Lipinski definition) is 0. The van der Waals surface area contributed by atoms with E-state index in [0.29, 0.717) is 17.5 Å². The van der Waals surface area contributed by atoms with Gasteiger partial charge in [0.05, 0.1) is 0 Å². The first-order chi connectivity index (χ1) is 14.7. The zero-order chi connectivity index (χ0) is 20.5. The lowest BCUT2D eigenvalue weighted by atomic mass is 10.1. The first-order valence-corrected chi connectivity index (χ1v) is 10.0. The zero-order valence-corrected chi connectivity index (χ0v) is 17.0. The third-order valence-electron chi connectivity index (χ3n) is 5.26. The molecular weight excluding hydrogens is 366 g/mol. The van der Waals surface area contributed by atoms with E-state index in [0.717, 1.165) is 16.7 Å². The maximum atomic E-state index is 4.83. The average Bonchev–Trinajstić information content (AvgIpc) is 2.79. The molecule has 1 heterocycles. The van der Waals surface area contributed by atoms with Crippen molar-refractivity contribution >= 4 is 10.8 Å². The maximum absolute atomic E-state index is 4.83. The first-order valence-electron chi connectivity index (χ1n) is 10.0. The Morgan fingerprint density at radius 1 is 0.433 bits per heavy atom. The quantitative estimate of drug-likeness (QED) is 0.348. The van der Waals surface area contributed by atoms with E-state index in [2.05, 4.69) is 105 Å². The van der Waals surface area contributed by atoms with Crippen LogP contribution in [0.3, 0.4) is 0 Å². The van der Waals surface area contributed by atoms with E-state index in [1.54, 1.807) is 0 Å². The van der Waals surface area contributed by atoms with Crippen LogP contribution in [0.5, 0.6) is 0 Å². The molecule has 4 aromatic carbocycles. The van der Waals surface area contributed by atoms with Crippen molar-refractivity contribution in [1.29, 1.82) is 0 Å². The van der Waals surface area contributed by atoms with Gasteiger partial charge in [-0.15, -0.1) is 0 Å². The minimum Gasteiger partial charge on any atom is -0.208 e. The molecule has 0 fully saturated rings. The van der Waals surface area contributed by atoms with Crippen LogP contribution in [0.2, 0.25) is 0 Å². The van der Waals surface area contributed by atoms with E-state index in [1.807, 2.05) is 0 Å². The summed E-state index contributed by atoms with van der Waals surface area (Å²) in [4.78, 5) is 14.5. The smallest absolute Gasteiger partial charge is 0.164 e. The van der Waals surface area contributed by atoms with Crippen LogP contribution in [-0.2, 0) is 0 Å². The molecule has 0 aliphatic carbocycles. The number of aromatic nitrogens is 3. The molecule has 0 aliphatic heterocycles. The monoisotopic (exact) mass is 387 g/mol. The second-order valence-electron chi connectivity index (χ2n) is 7.60. The van der Waals surface area contributed by atoms with Gasteiger partial charge >= 0.3 is 0 Å². The molecule has 0 bridgehead atoms. The summed E-state index contributed by atoms with van der Waals surface area (Å²) in [6.45, 7) is 4.16. The number of hydrogen-bond acceptors (Lipinski definition) is 3. The minimum atomic E-state index is 0.682. The van der Waals surface area contributed by atoms with Crippen LogP contribution < -0.4 is 0 Å². The molecule has 0 radical (unpaired) electrons. The molecule has 0 amide bonds. The Bertz CT molecular complexity index is 1270. The predicted molar refractivity (Wildman–Crippen MR) is 123 cm³/mol. The SMILES string of the molecule is Cc1ccc(-c2nc(-c3ccc(C)cc3)nc(-c3ccc4ccccc4c3)n2)cc1. The van der Waals surface area contributed by atoms with Crippen molar-refractivity contribution in [3.63, 3.8) is 0 Å². The van der Waals surface area contributed by atoms with Crippen LogP contribution in [0.15, 0.2) is 91.0 Å². The average molecular weight is 387 g/mol. The van der Waals surface area contributed by atoms with Crippen molar-refractivity contribution in [2.45, 2.75) is 13.8 Å². The highest BCUT2D eigenvalue weighted by Crippen LogP contribution is 2.27. The fraction of sp³-hybridized carbons (Fsp3) is 0.0741. The lowest BCUT2D eigenvalue weighted by molar-refractivity contribution is 1.07. The lowest BCUT2D eigenvalue weighted by Gasteiger charge is -2.09. The first kappa shape index (κ1) is 18.2. The molecule has 0 atom stereocenters. The predicted octanol–water partition coefficient (Wildman–Crippen LogP) is 6.64. The topological polar surface area (TPSA) is 38.7 Å². The molecule has 30 heavy (non-hydrogen) atoms. The van der Waals surface area contributed by atoms with E-state index in [1.165, 1.54) is 21.9 Å². The Balaban J connectivity index is 1.70. The van der Waals surface area contributed by atoms with Gasteiger partial charge in [-0.25, -0.2) is 15.0 Å². The molecular formula is C27H21N3. The molecule has 5 aromatic rings. The Morgan fingerprint density at radius 2 is 0.867 bits per heavy atom. The lowest BCUT2D eigenvalue weighted by Crippen LogP contribution is -2.00. The van der Waals surface area contributed by atoms with Gasteiger partial charge in [0.2, 0.25) is 0 Å². The molecule has 3 nitrogen and oxygen atoms in total. The Labute approximate surface area is 176 Å². The summed E-state index contributed by atoms with van der Waals surface area (Å²) < 4.78 is 0. The highest BCUT2D eigenvalue weighted by atomic mass is 15.0. The van der Waals surface area contributed by atoms with E-state index in [-0.39, 0.29) is 0 Å². The van der Waals surface area contributed by atoms with Crippen molar-refractivity contribution in [2.24, 2.45) is 0 Å². The van der Waals surface area contributed by atoms with Crippen LogP contribution in [0.25, 0.3) is 44.9 Å². The van der Waals surface area contributed by atoms with Crippen molar-refractivity contribution in [2.75, 3.05) is 0 Å². The molecule has 0 saturated carbocycles. The molecule has 5 rings (SSSR count). The van der Waals surface area contributed by atoms with Crippen molar-refractivity contribution in [3.8, 4) is 34.2 Å². The van der Waals surface area contributed by atoms with Gasteiger partial charge in [-0.05, 0) is 30.7 Å². The largest absolute Gasteiger partial charge is 0.208 e. The van der Waals surface area contributed by atoms with Gasteiger partial charge in [-0.2, -0.15) is 0 Å². The molecule has 0 spiro atoms. The summed E-state index contributed by atoms with van der Waals surface area (Å²) in [5.74, 6) is 2.05. The Morgan fingerprint density at radius 3 is 1.40 bits per heavy atom. The highest BCUT2D eigenvalue weighted by Gasteiger charge is 2.12. The Hall–Kier alpha value is -3.85. The molecule has 1 aromatic heterocycles. The van der Waals surface area contributed by atoms with Gasteiger partial charge in [-0.1, -0.05) is 96.1 Å². The molecule has 3 heteroatoms. The summed E-state index contributed by atoms with van der Waals surface area (Å²) in [6, 6.07) is 31.3.